The van der Waals surface area contributed by atoms with Crippen molar-refractivity contribution >= 4 is 16.9 Å². The third kappa shape index (κ3) is 1.61. The maximum atomic E-state index is 11.6. The van der Waals surface area contributed by atoms with E-state index in [2.05, 4.69) is 0 Å². The molecular formula is C12H12O3. The second-order valence-electron chi connectivity index (χ2n) is 3.32. The molecule has 1 aromatic carbocycles. The van der Waals surface area contributed by atoms with E-state index < -0.39 is 0 Å². The van der Waals surface area contributed by atoms with E-state index in [0.717, 1.165) is 16.5 Å². The normalized spacial score (nSPS) is 10.5. The predicted octanol–water partition coefficient (Wildman–Crippen LogP) is 2.92. The highest BCUT2D eigenvalue weighted by atomic mass is 16.5. The molecule has 0 saturated heterocycles. The van der Waals surface area contributed by atoms with Crippen molar-refractivity contribution < 1.29 is 13.9 Å². The summed E-state index contributed by atoms with van der Waals surface area (Å²) in [4.78, 5) is 11.6. The molecule has 0 atom stereocenters. The van der Waals surface area contributed by atoms with Crippen molar-refractivity contribution in [2.24, 2.45) is 0 Å². The van der Waals surface area contributed by atoms with Gasteiger partial charge in [0.2, 0.25) is 0 Å². The Bertz CT molecular complexity index is 497. The first-order valence-corrected chi connectivity index (χ1v) is 4.88. The van der Waals surface area contributed by atoms with Crippen LogP contribution in [0.15, 0.2) is 28.9 Å². The van der Waals surface area contributed by atoms with E-state index in [-0.39, 0.29) is 5.97 Å². The highest BCUT2D eigenvalue weighted by Crippen LogP contribution is 2.24. The molecule has 0 N–H and O–H groups in total. The lowest BCUT2D eigenvalue weighted by atomic mass is 10.1. The van der Waals surface area contributed by atoms with Gasteiger partial charge in [0, 0.05) is 5.39 Å². The zero-order valence-electron chi connectivity index (χ0n) is 8.74. The quantitative estimate of drug-likeness (QED) is 0.706. The molecule has 3 heteroatoms. The Labute approximate surface area is 87.6 Å². The zero-order chi connectivity index (χ0) is 10.8. The number of fused-ring (bicyclic) bond motifs is 1. The van der Waals surface area contributed by atoms with Crippen LogP contribution in [-0.2, 0) is 4.74 Å². The number of benzene rings is 1. The fourth-order valence-electron chi connectivity index (χ4n) is 1.62. The van der Waals surface area contributed by atoms with Gasteiger partial charge in [-0.15, -0.1) is 0 Å². The van der Waals surface area contributed by atoms with Crippen LogP contribution >= 0.6 is 0 Å². The molecule has 2 rings (SSSR count). The molecule has 0 unspecified atom stereocenters. The zero-order valence-corrected chi connectivity index (χ0v) is 8.74. The molecule has 0 radical (unpaired) electrons. The summed E-state index contributed by atoms with van der Waals surface area (Å²) in [7, 11) is 0. The first kappa shape index (κ1) is 9.77. The van der Waals surface area contributed by atoms with Crippen LogP contribution in [-0.4, -0.2) is 12.6 Å². The molecule has 0 bridgehead atoms. The molecule has 0 spiro atoms. The minimum absolute atomic E-state index is 0.328. The van der Waals surface area contributed by atoms with Gasteiger partial charge in [-0.1, -0.05) is 12.1 Å². The van der Waals surface area contributed by atoms with E-state index in [1.54, 1.807) is 6.92 Å². The summed E-state index contributed by atoms with van der Waals surface area (Å²) in [6.45, 7) is 4.10. The SMILES string of the molecule is CCOC(=O)c1coc2cccc(C)c12. The summed E-state index contributed by atoms with van der Waals surface area (Å²) < 4.78 is 10.2. The van der Waals surface area contributed by atoms with Gasteiger partial charge in [0.1, 0.15) is 17.4 Å². The third-order valence-corrected chi connectivity index (χ3v) is 2.30. The Hall–Kier alpha value is -1.77. The maximum absolute atomic E-state index is 11.6. The molecule has 78 valence electrons. The Morgan fingerprint density at radius 2 is 2.27 bits per heavy atom. The topological polar surface area (TPSA) is 39.4 Å². The van der Waals surface area contributed by atoms with Gasteiger partial charge in [-0.2, -0.15) is 0 Å². The standard InChI is InChI=1S/C12H12O3/c1-3-14-12(13)9-7-15-10-6-4-5-8(2)11(9)10/h4-7H,3H2,1-2H3. The van der Waals surface area contributed by atoms with Crippen LogP contribution in [0.25, 0.3) is 11.0 Å². The molecule has 0 amide bonds. The summed E-state index contributed by atoms with van der Waals surface area (Å²) in [6, 6.07) is 5.68. The van der Waals surface area contributed by atoms with Crippen molar-refractivity contribution in [3.63, 3.8) is 0 Å². The van der Waals surface area contributed by atoms with Crippen molar-refractivity contribution in [1.82, 2.24) is 0 Å². The van der Waals surface area contributed by atoms with Crippen LogP contribution in [0.1, 0.15) is 22.8 Å². The van der Waals surface area contributed by atoms with Crippen molar-refractivity contribution in [2.75, 3.05) is 6.61 Å². The number of rotatable bonds is 2. The lowest BCUT2D eigenvalue weighted by Crippen LogP contribution is -2.03. The van der Waals surface area contributed by atoms with Gasteiger partial charge in [-0.05, 0) is 25.5 Å². The van der Waals surface area contributed by atoms with Gasteiger partial charge in [0.15, 0.2) is 0 Å². The molecule has 0 aliphatic heterocycles. The van der Waals surface area contributed by atoms with Crippen molar-refractivity contribution in [2.45, 2.75) is 13.8 Å². The Morgan fingerprint density at radius 1 is 1.47 bits per heavy atom. The third-order valence-electron chi connectivity index (χ3n) is 2.30. The minimum atomic E-state index is -0.328. The molecule has 0 saturated carbocycles. The van der Waals surface area contributed by atoms with Crippen molar-refractivity contribution in [3.05, 3.63) is 35.6 Å². The molecular weight excluding hydrogens is 192 g/mol. The summed E-state index contributed by atoms with van der Waals surface area (Å²) >= 11 is 0. The molecule has 0 aliphatic carbocycles. The minimum Gasteiger partial charge on any atom is -0.463 e. The first-order chi connectivity index (χ1) is 7.24. The maximum Gasteiger partial charge on any atom is 0.342 e. The molecule has 0 fully saturated rings. The Kier molecular flexibility index (Phi) is 2.46. The molecule has 15 heavy (non-hydrogen) atoms. The molecule has 1 aromatic heterocycles. The van der Waals surface area contributed by atoms with Gasteiger partial charge in [-0.25, -0.2) is 4.79 Å². The smallest absolute Gasteiger partial charge is 0.342 e. The fraction of sp³-hybridized carbons (Fsp3) is 0.250. The van der Waals surface area contributed by atoms with E-state index in [4.69, 9.17) is 9.15 Å². The molecule has 3 nitrogen and oxygen atoms in total. The van der Waals surface area contributed by atoms with E-state index in [0.29, 0.717) is 12.2 Å². The number of aryl methyl sites for hydroxylation is 1. The van der Waals surface area contributed by atoms with E-state index >= 15 is 0 Å². The molecule has 0 aliphatic rings. The number of furan rings is 1. The number of esters is 1. The van der Waals surface area contributed by atoms with E-state index in [1.165, 1.54) is 6.26 Å². The van der Waals surface area contributed by atoms with Crippen LogP contribution in [0.4, 0.5) is 0 Å². The Morgan fingerprint density at radius 3 is 3.00 bits per heavy atom. The second-order valence-corrected chi connectivity index (χ2v) is 3.32. The number of carbonyl (C=O) groups excluding carboxylic acids is 1. The lowest BCUT2D eigenvalue weighted by Gasteiger charge is -2.00. The number of hydrogen-bond acceptors (Lipinski definition) is 3. The molecule has 2 aromatic rings. The second kappa shape index (κ2) is 3.77. The van der Waals surface area contributed by atoms with Crippen LogP contribution in [0.3, 0.4) is 0 Å². The van der Waals surface area contributed by atoms with Gasteiger partial charge in [0.05, 0.1) is 6.61 Å². The van der Waals surface area contributed by atoms with Crippen LogP contribution < -0.4 is 0 Å². The summed E-state index contributed by atoms with van der Waals surface area (Å²) in [5.74, 6) is -0.328. The van der Waals surface area contributed by atoms with Gasteiger partial charge in [-0.3, -0.25) is 0 Å². The average Bonchev–Trinajstić information content (AvgIpc) is 2.63. The lowest BCUT2D eigenvalue weighted by molar-refractivity contribution is 0.0527. The highest BCUT2D eigenvalue weighted by molar-refractivity contribution is 6.04. The number of hydrogen-bond donors (Lipinski definition) is 0. The van der Waals surface area contributed by atoms with E-state index in [1.807, 2.05) is 25.1 Å². The van der Waals surface area contributed by atoms with Crippen LogP contribution in [0.2, 0.25) is 0 Å². The van der Waals surface area contributed by atoms with Crippen molar-refractivity contribution in [3.8, 4) is 0 Å². The fourth-order valence-corrected chi connectivity index (χ4v) is 1.62. The van der Waals surface area contributed by atoms with Crippen LogP contribution in [0.5, 0.6) is 0 Å². The van der Waals surface area contributed by atoms with Crippen LogP contribution in [0, 0.1) is 6.92 Å². The number of ether oxygens (including phenoxy) is 1. The summed E-state index contributed by atoms with van der Waals surface area (Å²) in [5, 5.41) is 0.843. The predicted molar refractivity (Wildman–Crippen MR) is 56.9 cm³/mol. The van der Waals surface area contributed by atoms with E-state index in [9.17, 15) is 4.79 Å². The van der Waals surface area contributed by atoms with Gasteiger partial charge in [0.25, 0.3) is 0 Å². The summed E-state index contributed by atoms with van der Waals surface area (Å²) in [6.07, 6.45) is 1.45. The van der Waals surface area contributed by atoms with Gasteiger partial charge < -0.3 is 9.15 Å². The average molecular weight is 204 g/mol. The largest absolute Gasteiger partial charge is 0.463 e. The summed E-state index contributed by atoms with van der Waals surface area (Å²) in [5.41, 5.74) is 2.24. The molecule has 1 heterocycles. The monoisotopic (exact) mass is 204 g/mol. The Balaban J connectivity index is 2.57. The van der Waals surface area contributed by atoms with Gasteiger partial charge >= 0.3 is 5.97 Å². The number of carbonyl (C=O) groups is 1. The first-order valence-electron chi connectivity index (χ1n) is 4.88. The highest BCUT2D eigenvalue weighted by Gasteiger charge is 2.15. The van der Waals surface area contributed by atoms with Crippen molar-refractivity contribution in [1.29, 1.82) is 0 Å².